The second kappa shape index (κ2) is 3.23. The maximum absolute atomic E-state index is 9.99. The fourth-order valence-corrected chi connectivity index (χ4v) is 2.38. The maximum atomic E-state index is 9.99. The van der Waals surface area contributed by atoms with Gasteiger partial charge in [-0.25, -0.2) is 0 Å². The molecule has 0 spiro atoms. The van der Waals surface area contributed by atoms with Gasteiger partial charge in [-0.05, 0) is 18.8 Å². The maximum Gasteiger partial charge on any atom is 0.159 e. The number of fused-ring (bicyclic) bond motifs is 2. The Morgan fingerprint density at radius 2 is 2.00 bits per heavy atom. The molecule has 2 aliphatic heterocycles. The first-order valence-corrected chi connectivity index (χ1v) is 5.08. The molecule has 0 aromatic rings. The van der Waals surface area contributed by atoms with Gasteiger partial charge in [0.05, 0.1) is 12.2 Å². The number of hydrogen-bond donors (Lipinski definition) is 1. The van der Waals surface area contributed by atoms with E-state index in [0.717, 1.165) is 6.42 Å². The summed E-state index contributed by atoms with van der Waals surface area (Å²) in [6.45, 7) is 6.25. The molecule has 0 radical (unpaired) electrons. The van der Waals surface area contributed by atoms with Crippen LogP contribution in [-0.2, 0) is 9.47 Å². The van der Waals surface area contributed by atoms with Crippen LogP contribution in [0.3, 0.4) is 0 Å². The third-order valence-corrected chi connectivity index (χ3v) is 3.23. The summed E-state index contributed by atoms with van der Waals surface area (Å²) in [6.07, 6.45) is 0.346. The van der Waals surface area contributed by atoms with E-state index in [-0.39, 0.29) is 24.6 Å². The average molecular weight is 186 g/mol. The van der Waals surface area contributed by atoms with E-state index < -0.39 is 0 Å². The van der Waals surface area contributed by atoms with Gasteiger partial charge in [0.25, 0.3) is 0 Å². The molecule has 1 N–H and O–H groups in total. The van der Waals surface area contributed by atoms with Gasteiger partial charge in [0.1, 0.15) is 6.10 Å². The minimum atomic E-state index is -0.353. The minimum Gasteiger partial charge on any atom is -0.390 e. The molecule has 0 saturated carbocycles. The van der Waals surface area contributed by atoms with Crippen molar-refractivity contribution in [3.05, 3.63) is 0 Å². The smallest absolute Gasteiger partial charge is 0.159 e. The van der Waals surface area contributed by atoms with Crippen molar-refractivity contribution in [3.8, 4) is 0 Å². The van der Waals surface area contributed by atoms with Crippen molar-refractivity contribution < 1.29 is 14.6 Å². The fraction of sp³-hybridized carbons (Fsp3) is 1.00. The lowest BCUT2D eigenvalue weighted by Crippen LogP contribution is -2.44. The molecular weight excluding hydrogens is 168 g/mol. The topological polar surface area (TPSA) is 38.7 Å². The zero-order chi connectivity index (χ0) is 9.59. The molecule has 2 fully saturated rings. The lowest BCUT2D eigenvalue weighted by Gasteiger charge is -2.34. The first-order chi connectivity index (χ1) is 6.09. The summed E-state index contributed by atoms with van der Waals surface area (Å²) in [4.78, 5) is 0. The molecule has 2 saturated heterocycles. The Balaban J connectivity index is 2.12. The summed E-state index contributed by atoms with van der Waals surface area (Å²) in [6, 6.07) is 0. The third kappa shape index (κ3) is 1.49. The van der Waals surface area contributed by atoms with E-state index in [1.165, 1.54) is 0 Å². The Morgan fingerprint density at radius 1 is 1.31 bits per heavy atom. The molecule has 2 bridgehead atoms. The van der Waals surface area contributed by atoms with Crippen molar-refractivity contribution in [1.82, 2.24) is 0 Å². The van der Waals surface area contributed by atoms with Crippen LogP contribution in [0.15, 0.2) is 0 Å². The molecular formula is C10H18O3. The summed E-state index contributed by atoms with van der Waals surface area (Å²) in [5, 5.41) is 9.99. The summed E-state index contributed by atoms with van der Waals surface area (Å²) in [5.74, 6) is 0.825. The van der Waals surface area contributed by atoms with Gasteiger partial charge in [-0.15, -0.1) is 0 Å². The quantitative estimate of drug-likeness (QED) is 0.667. The van der Waals surface area contributed by atoms with E-state index in [1.807, 2.05) is 6.92 Å². The van der Waals surface area contributed by atoms with Crippen molar-refractivity contribution in [3.63, 3.8) is 0 Å². The SMILES string of the molecule is CC(C)[C@@H]1C[C@@H]2O[C@H]([C@H]1O)[C@H](C)O2. The molecule has 2 heterocycles. The van der Waals surface area contributed by atoms with Gasteiger partial charge < -0.3 is 14.6 Å². The van der Waals surface area contributed by atoms with Crippen molar-refractivity contribution in [1.29, 1.82) is 0 Å². The van der Waals surface area contributed by atoms with Gasteiger partial charge >= 0.3 is 0 Å². The van der Waals surface area contributed by atoms with Crippen molar-refractivity contribution in [2.75, 3.05) is 0 Å². The van der Waals surface area contributed by atoms with E-state index in [4.69, 9.17) is 9.47 Å². The first-order valence-electron chi connectivity index (χ1n) is 5.08. The van der Waals surface area contributed by atoms with Crippen LogP contribution in [0.25, 0.3) is 0 Å². The third-order valence-electron chi connectivity index (χ3n) is 3.23. The largest absolute Gasteiger partial charge is 0.390 e. The molecule has 13 heavy (non-hydrogen) atoms. The molecule has 0 aromatic carbocycles. The van der Waals surface area contributed by atoms with Crippen LogP contribution < -0.4 is 0 Å². The van der Waals surface area contributed by atoms with E-state index in [1.54, 1.807) is 0 Å². The Morgan fingerprint density at radius 3 is 2.62 bits per heavy atom. The number of aliphatic hydroxyl groups excluding tert-OH is 1. The first kappa shape index (κ1) is 9.44. The molecule has 76 valence electrons. The second-order valence-electron chi connectivity index (χ2n) is 4.51. The molecule has 0 unspecified atom stereocenters. The van der Waals surface area contributed by atoms with E-state index >= 15 is 0 Å². The Labute approximate surface area is 79.0 Å². The van der Waals surface area contributed by atoms with Gasteiger partial charge in [-0.2, -0.15) is 0 Å². The molecule has 0 aromatic heterocycles. The second-order valence-corrected chi connectivity index (χ2v) is 4.51. The van der Waals surface area contributed by atoms with Crippen LogP contribution in [0.2, 0.25) is 0 Å². The van der Waals surface area contributed by atoms with Gasteiger partial charge in [-0.3, -0.25) is 0 Å². The Kier molecular flexibility index (Phi) is 2.34. The highest BCUT2D eigenvalue weighted by Crippen LogP contribution is 2.38. The zero-order valence-corrected chi connectivity index (χ0v) is 8.43. The number of ether oxygens (including phenoxy) is 2. The number of hydrogen-bond acceptors (Lipinski definition) is 3. The molecule has 2 aliphatic rings. The van der Waals surface area contributed by atoms with Crippen LogP contribution in [0, 0.1) is 11.8 Å². The van der Waals surface area contributed by atoms with E-state index in [2.05, 4.69) is 13.8 Å². The molecule has 5 atom stereocenters. The zero-order valence-electron chi connectivity index (χ0n) is 8.43. The normalized spacial score (nSPS) is 50.1. The molecule has 3 nitrogen and oxygen atoms in total. The van der Waals surface area contributed by atoms with Gasteiger partial charge in [-0.1, -0.05) is 13.8 Å². The summed E-state index contributed by atoms with van der Waals surface area (Å²) >= 11 is 0. The molecule has 3 heteroatoms. The summed E-state index contributed by atoms with van der Waals surface area (Å²) < 4.78 is 11.1. The molecule has 2 rings (SSSR count). The predicted molar refractivity (Wildman–Crippen MR) is 48.2 cm³/mol. The van der Waals surface area contributed by atoms with Gasteiger partial charge in [0, 0.05) is 6.42 Å². The van der Waals surface area contributed by atoms with Crippen molar-refractivity contribution >= 4 is 0 Å². The standard InChI is InChI=1S/C10H18O3/c1-5(2)7-4-8-12-6(3)10(13-8)9(7)11/h5-11H,4H2,1-3H3/t6-,7-,8-,9-,10-/m0/s1. The Bertz CT molecular complexity index is 193. The highest BCUT2D eigenvalue weighted by Gasteiger charge is 2.47. The summed E-state index contributed by atoms with van der Waals surface area (Å²) in [7, 11) is 0. The minimum absolute atomic E-state index is 0.0451. The molecule has 0 amide bonds. The van der Waals surface area contributed by atoms with E-state index in [9.17, 15) is 5.11 Å². The van der Waals surface area contributed by atoms with Gasteiger partial charge in [0.2, 0.25) is 0 Å². The highest BCUT2D eigenvalue weighted by atomic mass is 16.7. The van der Waals surface area contributed by atoms with Crippen LogP contribution in [-0.4, -0.2) is 29.7 Å². The summed E-state index contributed by atoms with van der Waals surface area (Å²) in [5.41, 5.74) is 0. The fourth-order valence-electron chi connectivity index (χ4n) is 2.38. The number of rotatable bonds is 1. The van der Waals surface area contributed by atoms with Crippen molar-refractivity contribution in [2.24, 2.45) is 11.8 Å². The van der Waals surface area contributed by atoms with Gasteiger partial charge in [0.15, 0.2) is 6.29 Å². The van der Waals surface area contributed by atoms with Crippen LogP contribution >= 0.6 is 0 Å². The monoisotopic (exact) mass is 186 g/mol. The molecule has 0 aliphatic carbocycles. The lowest BCUT2D eigenvalue weighted by atomic mass is 9.83. The average Bonchev–Trinajstić information content (AvgIpc) is 2.36. The van der Waals surface area contributed by atoms with Crippen molar-refractivity contribution in [2.45, 2.75) is 51.8 Å². The predicted octanol–water partition coefficient (Wildman–Crippen LogP) is 1.15. The van der Waals surface area contributed by atoms with Crippen LogP contribution in [0.5, 0.6) is 0 Å². The Hall–Kier alpha value is -0.120. The lowest BCUT2D eigenvalue weighted by molar-refractivity contribution is -0.151. The van der Waals surface area contributed by atoms with Crippen LogP contribution in [0.1, 0.15) is 27.2 Å². The highest BCUT2D eigenvalue weighted by molar-refractivity contribution is 4.91. The number of aliphatic hydroxyl groups is 1. The van der Waals surface area contributed by atoms with E-state index in [0.29, 0.717) is 11.8 Å². The van der Waals surface area contributed by atoms with Crippen LogP contribution in [0.4, 0.5) is 0 Å².